The Bertz CT molecular complexity index is 284. The van der Waals surface area contributed by atoms with Crippen LogP contribution in [0.1, 0.15) is 12.5 Å². The second-order valence-corrected chi connectivity index (χ2v) is 3.31. The summed E-state index contributed by atoms with van der Waals surface area (Å²) in [6, 6.07) is 10.5. The van der Waals surface area contributed by atoms with E-state index in [1.807, 2.05) is 6.07 Å². The number of rotatable bonds is 5. The Morgan fingerprint density at radius 1 is 1.29 bits per heavy atom. The maximum atomic E-state index is 5.28. The molecule has 0 spiro atoms. The Balaban J connectivity index is 2.36. The normalized spacial score (nSPS) is 10.1. The maximum Gasteiger partial charge on any atom is 0.0598 e. The summed E-state index contributed by atoms with van der Waals surface area (Å²) in [6.07, 6.45) is 6.36. The van der Waals surface area contributed by atoms with Crippen molar-refractivity contribution in [3.63, 3.8) is 0 Å². The minimum absolute atomic E-state index is 0.753. The van der Waals surface area contributed by atoms with E-state index < -0.39 is 0 Å². The topological polar surface area (TPSA) is 3.24 Å². The Morgan fingerprint density at radius 2 is 2.00 bits per heavy atom. The summed E-state index contributed by atoms with van der Waals surface area (Å²) in [4.78, 5) is 2.27. The Hall–Kier alpha value is -1.26. The lowest BCUT2D eigenvalue weighted by Gasteiger charge is -2.16. The maximum absolute atomic E-state index is 5.28. The molecule has 0 saturated carbocycles. The van der Waals surface area contributed by atoms with Gasteiger partial charge in [-0.05, 0) is 18.5 Å². The van der Waals surface area contributed by atoms with Crippen molar-refractivity contribution in [1.29, 1.82) is 0 Å². The molecular weight excluding hydrogens is 170 g/mol. The molecule has 1 heteroatoms. The van der Waals surface area contributed by atoms with Crippen molar-refractivity contribution >= 4 is 0 Å². The quantitative estimate of drug-likeness (QED) is 0.639. The van der Waals surface area contributed by atoms with E-state index in [-0.39, 0.29) is 0 Å². The highest BCUT2D eigenvalue weighted by Crippen LogP contribution is 2.00. The standard InChI is InChI=1S/C13H17N/c1-3-11-14(4-2)12-10-13-8-6-5-7-9-13/h1,5-9H,4,10-12H2,2H3. The van der Waals surface area contributed by atoms with Crippen LogP contribution in [0.5, 0.6) is 0 Å². The number of likely N-dealkylation sites (N-methyl/N-ethyl adjacent to an activating group) is 1. The highest BCUT2D eigenvalue weighted by atomic mass is 15.1. The first-order valence-electron chi connectivity index (χ1n) is 5.06. The van der Waals surface area contributed by atoms with Gasteiger partial charge in [-0.1, -0.05) is 43.2 Å². The van der Waals surface area contributed by atoms with Gasteiger partial charge in [-0.3, -0.25) is 4.90 Å². The Kier molecular flexibility index (Phi) is 4.82. The number of nitrogens with zero attached hydrogens (tertiary/aromatic N) is 1. The molecule has 0 aliphatic heterocycles. The molecule has 0 aliphatic carbocycles. The fourth-order valence-electron chi connectivity index (χ4n) is 1.41. The number of hydrogen-bond donors (Lipinski definition) is 0. The SMILES string of the molecule is C#CCN(CC)CCc1ccccc1. The highest BCUT2D eigenvalue weighted by Gasteiger charge is 1.99. The van der Waals surface area contributed by atoms with Gasteiger partial charge < -0.3 is 0 Å². The molecule has 0 fully saturated rings. The first-order chi connectivity index (χ1) is 6.86. The van der Waals surface area contributed by atoms with Crippen LogP contribution in [0, 0.1) is 12.3 Å². The monoisotopic (exact) mass is 187 g/mol. The summed E-state index contributed by atoms with van der Waals surface area (Å²) >= 11 is 0. The second-order valence-electron chi connectivity index (χ2n) is 3.31. The molecule has 74 valence electrons. The zero-order chi connectivity index (χ0) is 10.2. The zero-order valence-corrected chi connectivity index (χ0v) is 8.74. The van der Waals surface area contributed by atoms with E-state index in [9.17, 15) is 0 Å². The molecule has 0 aliphatic rings. The minimum Gasteiger partial charge on any atom is -0.292 e. The average molecular weight is 187 g/mol. The van der Waals surface area contributed by atoms with Crippen LogP contribution in [0.4, 0.5) is 0 Å². The molecule has 1 aromatic carbocycles. The van der Waals surface area contributed by atoms with Crippen LogP contribution in [-0.2, 0) is 6.42 Å². The van der Waals surface area contributed by atoms with Crippen LogP contribution in [0.25, 0.3) is 0 Å². The molecule has 0 amide bonds. The first-order valence-corrected chi connectivity index (χ1v) is 5.06. The summed E-state index contributed by atoms with van der Waals surface area (Å²) < 4.78 is 0. The van der Waals surface area contributed by atoms with Gasteiger partial charge in [0.05, 0.1) is 6.54 Å². The van der Waals surface area contributed by atoms with E-state index >= 15 is 0 Å². The van der Waals surface area contributed by atoms with Crippen LogP contribution >= 0.6 is 0 Å². The van der Waals surface area contributed by atoms with E-state index in [1.54, 1.807) is 0 Å². The van der Waals surface area contributed by atoms with E-state index in [1.165, 1.54) is 5.56 Å². The number of benzene rings is 1. The second kappa shape index (κ2) is 6.23. The molecule has 0 saturated heterocycles. The number of hydrogen-bond acceptors (Lipinski definition) is 1. The van der Waals surface area contributed by atoms with Gasteiger partial charge in [-0.2, -0.15) is 0 Å². The van der Waals surface area contributed by atoms with Gasteiger partial charge in [0.2, 0.25) is 0 Å². The molecule has 1 aromatic rings. The van der Waals surface area contributed by atoms with Crippen molar-refractivity contribution in [1.82, 2.24) is 4.90 Å². The molecule has 0 unspecified atom stereocenters. The van der Waals surface area contributed by atoms with E-state index in [4.69, 9.17) is 6.42 Å². The van der Waals surface area contributed by atoms with Gasteiger partial charge >= 0.3 is 0 Å². The van der Waals surface area contributed by atoms with Crippen LogP contribution in [-0.4, -0.2) is 24.5 Å². The van der Waals surface area contributed by atoms with Crippen molar-refractivity contribution in [2.24, 2.45) is 0 Å². The van der Waals surface area contributed by atoms with E-state index in [0.29, 0.717) is 0 Å². The summed E-state index contributed by atoms with van der Waals surface area (Å²) in [7, 11) is 0. The Labute approximate surface area is 86.7 Å². The molecule has 14 heavy (non-hydrogen) atoms. The van der Waals surface area contributed by atoms with E-state index in [2.05, 4.69) is 42.0 Å². The predicted octanol–water partition coefficient (Wildman–Crippen LogP) is 2.18. The molecule has 0 heterocycles. The van der Waals surface area contributed by atoms with Gasteiger partial charge in [-0.25, -0.2) is 0 Å². The first kappa shape index (κ1) is 10.8. The van der Waals surface area contributed by atoms with Crippen molar-refractivity contribution in [2.45, 2.75) is 13.3 Å². The van der Waals surface area contributed by atoms with Crippen molar-refractivity contribution < 1.29 is 0 Å². The third kappa shape index (κ3) is 3.64. The third-order valence-corrected chi connectivity index (χ3v) is 2.32. The summed E-state index contributed by atoms with van der Waals surface area (Å²) in [5.41, 5.74) is 1.38. The molecule has 1 nitrogen and oxygen atoms in total. The molecule has 0 N–H and O–H groups in total. The van der Waals surface area contributed by atoms with Crippen molar-refractivity contribution in [3.8, 4) is 12.3 Å². The lowest BCUT2D eigenvalue weighted by Crippen LogP contribution is -2.26. The van der Waals surface area contributed by atoms with Gasteiger partial charge in [0.15, 0.2) is 0 Å². The average Bonchev–Trinajstić information content (AvgIpc) is 2.25. The molecular formula is C13H17N. The lowest BCUT2D eigenvalue weighted by atomic mass is 10.1. The largest absolute Gasteiger partial charge is 0.292 e. The molecule has 1 rings (SSSR count). The number of terminal acetylenes is 1. The summed E-state index contributed by atoms with van der Waals surface area (Å²) in [5, 5.41) is 0. The van der Waals surface area contributed by atoms with Crippen LogP contribution < -0.4 is 0 Å². The van der Waals surface area contributed by atoms with E-state index in [0.717, 1.165) is 26.1 Å². The van der Waals surface area contributed by atoms with Crippen LogP contribution in [0.2, 0.25) is 0 Å². The molecule has 0 aromatic heterocycles. The zero-order valence-electron chi connectivity index (χ0n) is 8.74. The van der Waals surface area contributed by atoms with Crippen molar-refractivity contribution in [2.75, 3.05) is 19.6 Å². The van der Waals surface area contributed by atoms with Crippen LogP contribution in [0.3, 0.4) is 0 Å². The van der Waals surface area contributed by atoms with Gasteiger partial charge in [0.25, 0.3) is 0 Å². The molecule has 0 radical (unpaired) electrons. The molecule has 0 bridgehead atoms. The van der Waals surface area contributed by atoms with Gasteiger partial charge in [-0.15, -0.1) is 6.42 Å². The smallest absolute Gasteiger partial charge is 0.0598 e. The third-order valence-electron chi connectivity index (χ3n) is 2.32. The highest BCUT2D eigenvalue weighted by molar-refractivity contribution is 5.14. The summed E-state index contributed by atoms with van der Waals surface area (Å²) in [5.74, 6) is 2.68. The fourth-order valence-corrected chi connectivity index (χ4v) is 1.41. The summed E-state index contributed by atoms with van der Waals surface area (Å²) in [6.45, 7) is 4.97. The predicted molar refractivity (Wildman–Crippen MR) is 61.1 cm³/mol. The lowest BCUT2D eigenvalue weighted by molar-refractivity contribution is 0.328. The fraction of sp³-hybridized carbons (Fsp3) is 0.385. The van der Waals surface area contributed by atoms with Crippen molar-refractivity contribution in [3.05, 3.63) is 35.9 Å². The van der Waals surface area contributed by atoms with Gasteiger partial charge in [0, 0.05) is 6.54 Å². The van der Waals surface area contributed by atoms with Gasteiger partial charge in [0.1, 0.15) is 0 Å². The van der Waals surface area contributed by atoms with Crippen LogP contribution in [0.15, 0.2) is 30.3 Å². The molecule has 0 atom stereocenters. The Morgan fingerprint density at radius 3 is 2.57 bits per heavy atom. The minimum atomic E-state index is 0.753.